The summed E-state index contributed by atoms with van der Waals surface area (Å²) in [5.74, 6) is -0.338. The Balaban J connectivity index is 2.19. The molecule has 0 aliphatic heterocycles. The molecule has 96 valence electrons. The van der Waals surface area contributed by atoms with E-state index in [-0.39, 0.29) is 5.82 Å². The first-order valence-electron chi connectivity index (χ1n) is 5.35. The molecule has 0 aliphatic rings. The van der Waals surface area contributed by atoms with Crippen molar-refractivity contribution in [2.75, 3.05) is 25.6 Å². The molecule has 1 heterocycles. The summed E-state index contributed by atoms with van der Waals surface area (Å²) < 4.78 is 18.6. The summed E-state index contributed by atoms with van der Waals surface area (Å²) in [6.07, 6.45) is 1.62. The van der Waals surface area contributed by atoms with E-state index >= 15 is 0 Å². The minimum absolute atomic E-state index is 0.338. The van der Waals surface area contributed by atoms with E-state index in [1.165, 1.54) is 17.4 Å². The Morgan fingerprint density at radius 3 is 3.06 bits per heavy atom. The lowest BCUT2D eigenvalue weighted by atomic mass is 10.2. The highest BCUT2D eigenvalue weighted by Gasteiger charge is 2.12. The normalized spacial score (nSPS) is 10.6. The number of anilines is 1. The highest BCUT2D eigenvalue weighted by atomic mass is 35.5. The van der Waals surface area contributed by atoms with Crippen LogP contribution in [0.3, 0.4) is 0 Å². The number of benzene rings is 1. The maximum absolute atomic E-state index is 13.7. The average molecular weight is 287 g/mol. The summed E-state index contributed by atoms with van der Waals surface area (Å²) in [5.41, 5.74) is 0.399. The van der Waals surface area contributed by atoms with Gasteiger partial charge in [-0.1, -0.05) is 29.0 Å². The second-order valence-corrected chi connectivity index (χ2v) is 4.98. The maximum atomic E-state index is 13.7. The molecule has 1 aromatic heterocycles. The Morgan fingerprint density at radius 2 is 2.33 bits per heavy atom. The minimum Gasteiger partial charge on any atom is -0.383 e. The van der Waals surface area contributed by atoms with Gasteiger partial charge in [0, 0.05) is 25.4 Å². The molecule has 6 heteroatoms. The fourth-order valence-corrected chi connectivity index (χ4v) is 2.69. The van der Waals surface area contributed by atoms with E-state index in [0.717, 1.165) is 5.13 Å². The Labute approximate surface area is 114 Å². The van der Waals surface area contributed by atoms with Crippen LogP contribution < -0.4 is 5.32 Å². The van der Waals surface area contributed by atoms with Gasteiger partial charge in [-0.2, -0.15) is 0 Å². The number of nitrogens with zero attached hydrogens (tertiary/aromatic N) is 1. The molecule has 2 aromatic rings. The predicted molar refractivity (Wildman–Crippen MR) is 72.9 cm³/mol. The molecule has 0 amide bonds. The molecule has 0 bridgehead atoms. The van der Waals surface area contributed by atoms with Crippen molar-refractivity contribution in [2.45, 2.75) is 0 Å². The molecule has 2 rings (SSSR count). The van der Waals surface area contributed by atoms with Crippen LogP contribution in [0.1, 0.15) is 0 Å². The van der Waals surface area contributed by atoms with Gasteiger partial charge in [-0.05, 0) is 12.1 Å². The number of thiazole rings is 1. The molecular formula is C12H12ClFN2OS. The van der Waals surface area contributed by atoms with Crippen LogP contribution in [0.4, 0.5) is 9.52 Å². The van der Waals surface area contributed by atoms with Gasteiger partial charge < -0.3 is 10.1 Å². The summed E-state index contributed by atoms with van der Waals surface area (Å²) in [7, 11) is 1.63. The summed E-state index contributed by atoms with van der Waals surface area (Å²) in [4.78, 5) is 4.88. The van der Waals surface area contributed by atoms with Crippen molar-refractivity contribution in [2.24, 2.45) is 0 Å². The van der Waals surface area contributed by atoms with Crippen molar-refractivity contribution < 1.29 is 9.13 Å². The molecule has 0 atom stereocenters. The molecule has 0 fully saturated rings. The second-order valence-electron chi connectivity index (χ2n) is 3.55. The topological polar surface area (TPSA) is 34.1 Å². The van der Waals surface area contributed by atoms with Crippen LogP contribution in [0.5, 0.6) is 0 Å². The highest BCUT2D eigenvalue weighted by molar-refractivity contribution is 7.18. The van der Waals surface area contributed by atoms with E-state index < -0.39 is 0 Å². The predicted octanol–water partition coefficient (Wildman–Crippen LogP) is 3.66. The van der Waals surface area contributed by atoms with Crippen LogP contribution in [0, 0.1) is 5.82 Å². The van der Waals surface area contributed by atoms with Crippen LogP contribution in [0.25, 0.3) is 10.4 Å². The zero-order valence-electron chi connectivity index (χ0n) is 9.74. The molecule has 0 saturated carbocycles. The summed E-state index contributed by atoms with van der Waals surface area (Å²) in [6.45, 7) is 1.25. The quantitative estimate of drug-likeness (QED) is 0.852. The van der Waals surface area contributed by atoms with Crippen LogP contribution >= 0.6 is 22.9 Å². The van der Waals surface area contributed by atoms with E-state index in [0.29, 0.717) is 28.6 Å². The third-order valence-corrected chi connectivity index (χ3v) is 3.58. The zero-order chi connectivity index (χ0) is 13.0. The molecule has 0 aliphatic carbocycles. The molecule has 18 heavy (non-hydrogen) atoms. The van der Waals surface area contributed by atoms with Crippen LogP contribution in [0.2, 0.25) is 5.02 Å². The third kappa shape index (κ3) is 2.98. The molecule has 1 N–H and O–H groups in total. The molecule has 3 nitrogen and oxygen atoms in total. The van der Waals surface area contributed by atoms with Crippen molar-refractivity contribution >= 4 is 28.1 Å². The largest absolute Gasteiger partial charge is 0.383 e. The van der Waals surface area contributed by atoms with Gasteiger partial charge in [0.25, 0.3) is 0 Å². The Hall–Kier alpha value is -1.17. The van der Waals surface area contributed by atoms with E-state index in [1.807, 2.05) is 0 Å². The van der Waals surface area contributed by atoms with Gasteiger partial charge in [0.15, 0.2) is 5.13 Å². The fourth-order valence-electron chi connectivity index (χ4n) is 1.46. The lowest BCUT2D eigenvalue weighted by molar-refractivity contribution is 0.211. The standard InChI is InChI=1S/C12H12ClFN2OS/c1-17-6-5-15-12-16-7-10(18-12)11-8(13)3-2-4-9(11)14/h2-4,7H,5-6H2,1H3,(H,15,16). The lowest BCUT2D eigenvalue weighted by Gasteiger charge is -2.02. The molecule has 0 saturated heterocycles. The number of halogens is 2. The number of hydrogen-bond acceptors (Lipinski definition) is 4. The average Bonchev–Trinajstić information content (AvgIpc) is 2.78. The molecule has 0 unspecified atom stereocenters. The van der Waals surface area contributed by atoms with Gasteiger partial charge in [0.1, 0.15) is 5.82 Å². The Kier molecular flexibility index (Phi) is 4.52. The first-order chi connectivity index (χ1) is 8.72. The first kappa shape index (κ1) is 13.3. The monoisotopic (exact) mass is 286 g/mol. The van der Waals surface area contributed by atoms with E-state index in [4.69, 9.17) is 16.3 Å². The highest BCUT2D eigenvalue weighted by Crippen LogP contribution is 2.35. The van der Waals surface area contributed by atoms with Gasteiger partial charge in [0.05, 0.1) is 16.5 Å². The number of rotatable bonds is 5. The summed E-state index contributed by atoms with van der Waals surface area (Å²) in [5, 5.41) is 4.21. The minimum atomic E-state index is -0.338. The van der Waals surface area contributed by atoms with E-state index in [2.05, 4.69) is 10.3 Å². The Morgan fingerprint density at radius 1 is 1.50 bits per heavy atom. The number of methoxy groups -OCH3 is 1. The van der Waals surface area contributed by atoms with Gasteiger partial charge in [0.2, 0.25) is 0 Å². The van der Waals surface area contributed by atoms with Crippen molar-refractivity contribution in [3.05, 3.63) is 35.2 Å². The van der Waals surface area contributed by atoms with Gasteiger partial charge in [-0.3, -0.25) is 0 Å². The van der Waals surface area contributed by atoms with Crippen LogP contribution in [-0.4, -0.2) is 25.2 Å². The SMILES string of the molecule is COCCNc1ncc(-c2c(F)cccc2Cl)s1. The van der Waals surface area contributed by atoms with Gasteiger partial charge in [-0.25, -0.2) is 9.37 Å². The lowest BCUT2D eigenvalue weighted by Crippen LogP contribution is -2.06. The number of hydrogen-bond donors (Lipinski definition) is 1. The van der Waals surface area contributed by atoms with Crippen molar-refractivity contribution in [3.8, 4) is 10.4 Å². The van der Waals surface area contributed by atoms with E-state index in [1.54, 1.807) is 25.4 Å². The summed E-state index contributed by atoms with van der Waals surface area (Å²) >= 11 is 7.36. The van der Waals surface area contributed by atoms with Gasteiger partial charge >= 0.3 is 0 Å². The molecule has 0 radical (unpaired) electrons. The summed E-state index contributed by atoms with van der Waals surface area (Å²) in [6, 6.07) is 4.64. The molecule has 1 aromatic carbocycles. The van der Waals surface area contributed by atoms with Crippen LogP contribution in [0.15, 0.2) is 24.4 Å². The fraction of sp³-hybridized carbons (Fsp3) is 0.250. The number of aromatic nitrogens is 1. The van der Waals surface area contributed by atoms with Crippen LogP contribution in [-0.2, 0) is 4.74 Å². The third-order valence-electron chi connectivity index (χ3n) is 2.30. The smallest absolute Gasteiger partial charge is 0.183 e. The van der Waals surface area contributed by atoms with Crippen molar-refractivity contribution in [3.63, 3.8) is 0 Å². The number of nitrogens with one attached hydrogen (secondary N) is 1. The first-order valence-corrected chi connectivity index (χ1v) is 6.55. The zero-order valence-corrected chi connectivity index (χ0v) is 11.3. The number of ether oxygens (including phenoxy) is 1. The molecular weight excluding hydrogens is 275 g/mol. The van der Waals surface area contributed by atoms with Crippen molar-refractivity contribution in [1.29, 1.82) is 0 Å². The second kappa shape index (κ2) is 6.13. The van der Waals surface area contributed by atoms with Crippen molar-refractivity contribution in [1.82, 2.24) is 4.98 Å². The maximum Gasteiger partial charge on any atom is 0.183 e. The molecule has 0 spiro atoms. The van der Waals surface area contributed by atoms with Gasteiger partial charge in [-0.15, -0.1) is 0 Å². The van der Waals surface area contributed by atoms with E-state index in [9.17, 15) is 4.39 Å². The Bertz CT molecular complexity index is 512.